The van der Waals surface area contributed by atoms with Crippen LogP contribution in [0.3, 0.4) is 0 Å². The lowest BCUT2D eigenvalue weighted by Crippen LogP contribution is -2.10. The highest BCUT2D eigenvalue weighted by Crippen LogP contribution is 2.25. The van der Waals surface area contributed by atoms with E-state index in [2.05, 4.69) is 10.4 Å². The maximum absolute atomic E-state index is 11.8. The molecule has 0 amide bonds. The van der Waals surface area contributed by atoms with Crippen molar-refractivity contribution >= 4 is 29.2 Å². The van der Waals surface area contributed by atoms with E-state index in [0.717, 1.165) is 5.56 Å². The molecule has 21 heavy (non-hydrogen) atoms. The van der Waals surface area contributed by atoms with Crippen LogP contribution < -0.4 is 11.1 Å². The molecular formula is C14H17ClN4O2. The zero-order valence-electron chi connectivity index (χ0n) is 11.9. The van der Waals surface area contributed by atoms with Crippen molar-refractivity contribution in [3.8, 4) is 0 Å². The van der Waals surface area contributed by atoms with Crippen LogP contribution in [0.1, 0.15) is 22.8 Å². The van der Waals surface area contributed by atoms with Gasteiger partial charge in [-0.05, 0) is 18.6 Å². The number of nitrogens with two attached hydrogens (primary N) is 1. The summed E-state index contributed by atoms with van der Waals surface area (Å²) >= 11 is 6.13. The fourth-order valence-electron chi connectivity index (χ4n) is 1.98. The molecule has 0 spiro atoms. The highest BCUT2D eigenvalue weighted by molar-refractivity contribution is 6.31. The van der Waals surface area contributed by atoms with Gasteiger partial charge in [-0.3, -0.25) is 0 Å². The molecule has 112 valence electrons. The zero-order valence-corrected chi connectivity index (χ0v) is 12.6. The van der Waals surface area contributed by atoms with E-state index in [1.54, 1.807) is 6.07 Å². The van der Waals surface area contributed by atoms with Gasteiger partial charge in [0, 0.05) is 11.6 Å². The summed E-state index contributed by atoms with van der Waals surface area (Å²) in [5.74, 6) is 0.139. The first kappa shape index (κ1) is 15.2. The molecule has 0 saturated heterocycles. The van der Waals surface area contributed by atoms with Crippen LogP contribution in [0.4, 0.5) is 11.6 Å². The Morgan fingerprint density at radius 2 is 2.19 bits per heavy atom. The quantitative estimate of drug-likeness (QED) is 0.829. The van der Waals surface area contributed by atoms with Crippen LogP contribution in [-0.2, 0) is 11.3 Å². The van der Waals surface area contributed by atoms with Gasteiger partial charge in [0.05, 0.1) is 13.7 Å². The van der Waals surface area contributed by atoms with Gasteiger partial charge in [0.2, 0.25) is 0 Å². The van der Waals surface area contributed by atoms with Gasteiger partial charge in [-0.15, -0.1) is 0 Å². The van der Waals surface area contributed by atoms with Crippen LogP contribution in [0.25, 0.3) is 0 Å². The Kier molecular flexibility index (Phi) is 4.70. The number of benzene rings is 1. The summed E-state index contributed by atoms with van der Waals surface area (Å²) < 4.78 is 6.29. The van der Waals surface area contributed by atoms with Gasteiger partial charge in [0.15, 0.2) is 5.82 Å². The summed E-state index contributed by atoms with van der Waals surface area (Å²) in [5, 5.41) is 7.96. The second-order valence-corrected chi connectivity index (χ2v) is 4.79. The van der Waals surface area contributed by atoms with Gasteiger partial charge in [-0.1, -0.05) is 29.8 Å². The summed E-state index contributed by atoms with van der Waals surface area (Å²) in [6.45, 7) is 2.90. The Labute approximate surface area is 127 Å². The lowest BCUT2D eigenvalue weighted by atomic mass is 10.2. The van der Waals surface area contributed by atoms with E-state index in [9.17, 15) is 4.79 Å². The Morgan fingerprint density at radius 1 is 1.48 bits per heavy atom. The smallest absolute Gasteiger partial charge is 0.345 e. The molecule has 1 aromatic heterocycles. The standard InChI is InChI=1S/C14H17ClN4O2/c1-3-17-13-11(14(20)21-2)12(16)19(18-13)8-9-6-4-5-7-10(9)15/h4-7H,3,8,16H2,1-2H3,(H,17,18). The van der Waals surface area contributed by atoms with E-state index in [1.807, 2.05) is 25.1 Å². The molecule has 0 aliphatic heterocycles. The monoisotopic (exact) mass is 308 g/mol. The number of anilines is 2. The van der Waals surface area contributed by atoms with Gasteiger partial charge in [0.1, 0.15) is 11.4 Å². The number of hydrogen-bond donors (Lipinski definition) is 2. The lowest BCUT2D eigenvalue weighted by Gasteiger charge is -2.06. The predicted molar refractivity (Wildman–Crippen MR) is 82.7 cm³/mol. The Morgan fingerprint density at radius 3 is 2.81 bits per heavy atom. The number of carbonyl (C=O) groups is 1. The Bertz CT molecular complexity index is 654. The van der Waals surface area contributed by atoms with Gasteiger partial charge < -0.3 is 15.8 Å². The molecule has 0 atom stereocenters. The fourth-order valence-corrected chi connectivity index (χ4v) is 2.17. The normalized spacial score (nSPS) is 10.4. The maximum atomic E-state index is 11.8. The number of hydrogen-bond acceptors (Lipinski definition) is 5. The van der Waals surface area contributed by atoms with Crippen LogP contribution in [0.5, 0.6) is 0 Å². The van der Waals surface area contributed by atoms with E-state index in [-0.39, 0.29) is 11.4 Å². The Hall–Kier alpha value is -2.21. The molecule has 1 aromatic carbocycles. The maximum Gasteiger partial charge on any atom is 0.345 e. The average molecular weight is 309 g/mol. The minimum absolute atomic E-state index is 0.242. The number of nitrogens with one attached hydrogen (secondary N) is 1. The molecule has 6 nitrogen and oxygen atoms in total. The van der Waals surface area contributed by atoms with Crippen molar-refractivity contribution in [2.45, 2.75) is 13.5 Å². The molecule has 0 radical (unpaired) electrons. The van der Waals surface area contributed by atoms with Crippen molar-refractivity contribution in [1.82, 2.24) is 9.78 Å². The number of methoxy groups -OCH3 is 1. The minimum atomic E-state index is -0.520. The molecule has 3 N–H and O–H groups in total. The molecular weight excluding hydrogens is 292 g/mol. The van der Waals surface area contributed by atoms with Crippen molar-refractivity contribution in [3.05, 3.63) is 40.4 Å². The minimum Gasteiger partial charge on any atom is -0.465 e. The topological polar surface area (TPSA) is 82.2 Å². The second kappa shape index (κ2) is 6.49. The summed E-state index contributed by atoms with van der Waals surface area (Å²) in [4.78, 5) is 11.8. The van der Waals surface area contributed by atoms with Crippen molar-refractivity contribution in [2.24, 2.45) is 0 Å². The molecule has 0 unspecified atom stereocenters. The molecule has 7 heteroatoms. The third-order valence-electron chi connectivity index (χ3n) is 3.00. The first-order valence-corrected chi connectivity index (χ1v) is 6.88. The molecule has 0 bridgehead atoms. The SMILES string of the molecule is CCNc1nn(Cc2ccccc2Cl)c(N)c1C(=O)OC. The largest absolute Gasteiger partial charge is 0.465 e. The van der Waals surface area contributed by atoms with Crippen LogP contribution in [0.15, 0.2) is 24.3 Å². The van der Waals surface area contributed by atoms with E-state index in [1.165, 1.54) is 11.8 Å². The summed E-state index contributed by atoms with van der Waals surface area (Å²) in [7, 11) is 1.31. The van der Waals surface area contributed by atoms with Gasteiger partial charge in [-0.2, -0.15) is 5.10 Å². The van der Waals surface area contributed by atoms with Crippen LogP contribution in [-0.4, -0.2) is 29.4 Å². The van der Waals surface area contributed by atoms with E-state index < -0.39 is 5.97 Å². The molecule has 2 aromatic rings. The first-order valence-electron chi connectivity index (χ1n) is 6.50. The van der Waals surface area contributed by atoms with Crippen molar-refractivity contribution in [1.29, 1.82) is 0 Å². The van der Waals surface area contributed by atoms with Gasteiger partial charge >= 0.3 is 5.97 Å². The Balaban J connectivity index is 2.41. The first-order chi connectivity index (χ1) is 10.1. The van der Waals surface area contributed by atoms with E-state index >= 15 is 0 Å². The second-order valence-electron chi connectivity index (χ2n) is 4.38. The predicted octanol–water partition coefficient (Wildman–Crippen LogP) is 2.39. The summed E-state index contributed by atoms with van der Waals surface area (Å²) in [6, 6.07) is 7.41. The van der Waals surface area contributed by atoms with Crippen LogP contribution in [0.2, 0.25) is 5.02 Å². The highest BCUT2D eigenvalue weighted by Gasteiger charge is 2.22. The number of halogens is 1. The van der Waals surface area contributed by atoms with Gasteiger partial charge in [0.25, 0.3) is 0 Å². The van der Waals surface area contributed by atoms with Crippen molar-refractivity contribution in [3.63, 3.8) is 0 Å². The van der Waals surface area contributed by atoms with Crippen molar-refractivity contribution in [2.75, 3.05) is 24.7 Å². The molecule has 2 rings (SSSR count). The molecule has 0 saturated carbocycles. The number of ether oxygens (including phenoxy) is 1. The molecule has 0 aliphatic carbocycles. The third kappa shape index (κ3) is 3.11. The molecule has 0 fully saturated rings. The van der Waals surface area contributed by atoms with Crippen molar-refractivity contribution < 1.29 is 9.53 Å². The number of rotatable bonds is 5. The zero-order chi connectivity index (χ0) is 15.4. The number of carbonyl (C=O) groups excluding carboxylic acids is 1. The summed E-state index contributed by atoms with van der Waals surface area (Å²) in [5.41, 5.74) is 7.14. The number of aromatic nitrogens is 2. The van der Waals surface area contributed by atoms with Gasteiger partial charge in [-0.25, -0.2) is 9.48 Å². The lowest BCUT2D eigenvalue weighted by molar-refractivity contribution is 0.0603. The van der Waals surface area contributed by atoms with E-state index in [0.29, 0.717) is 23.9 Å². The third-order valence-corrected chi connectivity index (χ3v) is 3.37. The van der Waals surface area contributed by atoms with E-state index in [4.69, 9.17) is 22.1 Å². The molecule has 1 heterocycles. The van der Waals surface area contributed by atoms with Crippen LogP contribution in [0, 0.1) is 0 Å². The number of esters is 1. The average Bonchev–Trinajstić information content (AvgIpc) is 2.77. The number of nitrogens with zero attached hydrogens (tertiary/aromatic N) is 2. The fraction of sp³-hybridized carbons (Fsp3) is 0.286. The highest BCUT2D eigenvalue weighted by atomic mass is 35.5. The number of nitrogen functional groups attached to an aromatic ring is 1. The molecule has 0 aliphatic rings. The van der Waals surface area contributed by atoms with Crippen LogP contribution >= 0.6 is 11.6 Å². The summed E-state index contributed by atoms with van der Waals surface area (Å²) in [6.07, 6.45) is 0.